The van der Waals surface area contributed by atoms with Crippen LogP contribution in [0.5, 0.6) is 0 Å². The van der Waals surface area contributed by atoms with E-state index in [0.717, 1.165) is 32.7 Å². The van der Waals surface area contributed by atoms with E-state index in [1.807, 2.05) is 0 Å². The first-order chi connectivity index (χ1) is 8.93. The first-order valence-electron chi connectivity index (χ1n) is 7.01. The molecular weight excluding hydrogens is 222 g/mol. The maximum atomic E-state index is 5.37. The van der Waals surface area contributed by atoms with Gasteiger partial charge in [0.15, 0.2) is 0 Å². The fourth-order valence-electron chi connectivity index (χ4n) is 2.91. The van der Waals surface area contributed by atoms with Crippen molar-refractivity contribution in [3.05, 3.63) is 41.5 Å². The molecule has 3 rings (SSSR count). The summed E-state index contributed by atoms with van der Waals surface area (Å²) in [5, 5.41) is 0. The van der Waals surface area contributed by atoms with Crippen molar-refractivity contribution >= 4 is 5.57 Å². The van der Waals surface area contributed by atoms with Gasteiger partial charge >= 0.3 is 0 Å². The van der Waals surface area contributed by atoms with E-state index in [1.165, 1.54) is 30.5 Å². The number of hydrogen-bond acceptors (Lipinski definition) is 2. The van der Waals surface area contributed by atoms with E-state index in [4.69, 9.17) is 4.74 Å². The Morgan fingerprint density at radius 1 is 1.11 bits per heavy atom. The van der Waals surface area contributed by atoms with Crippen molar-refractivity contribution in [3.63, 3.8) is 0 Å². The molecule has 2 heteroatoms. The molecule has 1 saturated heterocycles. The van der Waals surface area contributed by atoms with Crippen molar-refractivity contribution in [2.45, 2.75) is 19.3 Å². The van der Waals surface area contributed by atoms with Crippen LogP contribution in [0.3, 0.4) is 0 Å². The van der Waals surface area contributed by atoms with Gasteiger partial charge in [-0.1, -0.05) is 30.3 Å². The molecule has 0 aromatic heterocycles. The molecule has 0 spiro atoms. The van der Waals surface area contributed by atoms with Gasteiger partial charge in [0.25, 0.3) is 0 Å². The third kappa shape index (κ3) is 2.65. The van der Waals surface area contributed by atoms with E-state index in [2.05, 4.69) is 35.2 Å². The lowest BCUT2D eigenvalue weighted by molar-refractivity contribution is 0.0376. The number of benzene rings is 1. The lowest BCUT2D eigenvalue weighted by Gasteiger charge is -2.26. The second-order valence-corrected chi connectivity index (χ2v) is 5.15. The maximum absolute atomic E-state index is 5.37. The fourth-order valence-corrected chi connectivity index (χ4v) is 2.91. The van der Waals surface area contributed by atoms with Gasteiger partial charge in [-0.25, -0.2) is 0 Å². The van der Waals surface area contributed by atoms with Gasteiger partial charge in [-0.3, -0.25) is 4.90 Å². The van der Waals surface area contributed by atoms with Gasteiger partial charge < -0.3 is 4.74 Å². The highest BCUT2D eigenvalue weighted by Crippen LogP contribution is 2.30. The van der Waals surface area contributed by atoms with Gasteiger partial charge in [-0.05, 0) is 42.5 Å². The molecule has 1 aliphatic heterocycles. The normalized spacial score (nSPS) is 19.7. The molecule has 1 fully saturated rings. The molecule has 2 aliphatic rings. The minimum absolute atomic E-state index is 0.908. The average molecular weight is 243 g/mol. The van der Waals surface area contributed by atoms with Crippen LogP contribution in [-0.4, -0.2) is 37.7 Å². The summed E-state index contributed by atoms with van der Waals surface area (Å²) in [6, 6.07) is 8.81. The van der Waals surface area contributed by atoms with E-state index in [0.29, 0.717) is 0 Å². The minimum Gasteiger partial charge on any atom is -0.379 e. The summed E-state index contributed by atoms with van der Waals surface area (Å²) in [7, 11) is 0. The van der Waals surface area contributed by atoms with Gasteiger partial charge in [0.05, 0.1) is 13.2 Å². The summed E-state index contributed by atoms with van der Waals surface area (Å²) in [5.41, 5.74) is 4.54. The quantitative estimate of drug-likeness (QED) is 0.806. The smallest absolute Gasteiger partial charge is 0.0594 e. The van der Waals surface area contributed by atoms with Crippen LogP contribution in [0.2, 0.25) is 0 Å². The van der Waals surface area contributed by atoms with Crippen LogP contribution in [0, 0.1) is 0 Å². The maximum Gasteiger partial charge on any atom is 0.0594 e. The van der Waals surface area contributed by atoms with Crippen LogP contribution in [0.15, 0.2) is 30.3 Å². The summed E-state index contributed by atoms with van der Waals surface area (Å²) in [5.74, 6) is 0. The Kier molecular flexibility index (Phi) is 3.77. The largest absolute Gasteiger partial charge is 0.379 e. The van der Waals surface area contributed by atoms with E-state index < -0.39 is 0 Å². The first-order valence-corrected chi connectivity index (χ1v) is 7.01. The van der Waals surface area contributed by atoms with E-state index in [-0.39, 0.29) is 0 Å². The van der Waals surface area contributed by atoms with Crippen molar-refractivity contribution in [3.8, 4) is 0 Å². The predicted octanol–water partition coefficient (Wildman–Crippen LogP) is 2.74. The first kappa shape index (κ1) is 11.9. The fraction of sp³-hybridized carbons (Fsp3) is 0.500. The van der Waals surface area contributed by atoms with Crippen LogP contribution in [-0.2, 0) is 11.2 Å². The lowest BCUT2D eigenvalue weighted by atomic mass is 10.0. The molecule has 96 valence electrons. The third-order valence-corrected chi connectivity index (χ3v) is 3.96. The zero-order valence-corrected chi connectivity index (χ0v) is 10.9. The predicted molar refractivity (Wildman–Crippen MR) is 74.6 cm³/mol. The molecule has 18 heavy (non-hydrogen) atoms. The molecule has 0 radical (unpaired) electrons. The van der Waals surface area contributed by atoms with Crippen molar-refractivity contribution in [2.75, 3.05) is 32.8 Å². The number of rotatable bonds is 4. The van der Waals surface area contributed by atoms with Crippen LogP contribution < -0.4 is 0 Å². The van der Waals surface area contributed by atoms with Crippen LogP contribution in [0.25, 0.3) is 5.57 Å². The third-order valence-electron chi connectivity index (χ3n) is 3.96. The summed E-state index contributed by atoms with van der Waals surface area (Å²) in [6.07, 6.45) is 6.02. The van der Waals surface area contributed by atoms with Crippen molar-refractivity contribution in [2.24, 2.45) is 0 Å². The number of fused-ring (bicyclic) bond motifs is 1. The Morgan fingerprint density at radius 3 is 2.83 bits per heavy atom. The Morgan fingerprint density at radius 2 is 1.94 bits per heavy atom. The van der Waals surface area contributed by atoms with Crippen molar-refractivity contribution in [1.82, 2.24) is 4.90 Å². The molecule has 1 aliphatic carbocycles. The second kappa shape index (κ2) is 5.68. The number of hydrogen-bond donors (Lipinski definition) is 0. The van der Waals surface area contributed by atoms with Gasteiger partial charge in [0.2, 0.25) is 0 Å². The van der Waals surface area contributed by atoms with Crippen LogP contribution in [0.1, 0.15) is 24.0 Å². The SMILES string of the molecule is C1=C(CCCN2CCOCC2)c2ccccc2C1. The molecule has 2 nitrogen and oxygen atoms in total. The van der Waals surface area contributed by atoms with E-state index >= 15 is 0 Å². The summed E-state index contributed by atoms with van der Waals surface area (Å²) in [6.45, 7) is 5.24. The van der Waals surface area contributed by atoms with Gasteiger partial charge in [-0.15, -0.1) is 0 Å². The molecule has 0 bridgehead atoms. The zero-order chi connectivity index (χ0) is 12.2. The molecule has 1 aromatic rings. The number of allylic oxidation sites excluding steroid dienone is 2. The van der Waals surface area contributed by atoms with Crippen molar-refractivity contribution < 1.29 is 4.74 Å². The van der Waals surface area contributed by atoms with Crippen LogP contribution in [0.4, 0.5) is 0 Å². The molecule has 0 saturated carbocycles. The Balaban J connectivity index is 1.49. The second-order valence-electron chi connectivity index (χ2n) is 5.15. The lowest BCUT2D eigenvalue weighted by Crippen LogP contribution is -2.36. The minimum atomic E-state index is 0.908. The van der Waals surface area contributed by atoms with E-state index in [1.54, 1.807) is 5.57 Å². The molecule has 0 unspecified atom stereocenters. The van der Waals surface area contributed by atoms with Crippen LogP contribution >= 0.6 is 0 Å². The highest BCUT2D eigenvalue weighted by Gasteiger charge is 2.14. The van der Waals surface area contributed by atoms with Gasteiger partial charge in [-0.2, -0.15) is 0 Å². The summed E-state index contributed by atoms with van der Waals surface area (Å²) < 4.78 is 5.37. The number of ether oxygens (including phenoxy) is 1. The Hall–Kier alpha value is -1.12. The molecule has 0 amide bonds. The van der Waals surface area contributed by atoms with Gasteiger partial charge in [0.1, 0.15) is 0 Å². The molecule has 0 atom stereocenters. The van der Waals surface area contributed by atoms with E-state index in [9.17, 15) is 0 Å². The Bertz CT molecular complexity index is 432. The van der Waals surface area contributed by atoms with Gasteiger partial charge in [0, 0.05) is 13.1 Å². The molecule has 1 aromatic carbocycles. The highest BCUT2D eigenvalue weighted by atomic mass is 16.5. The number of morpholine rings is 1. The molecule has 1 heterocycles. The monoisotopic (exact) mass is 243 g/mol. The number of nitrogens with zero attached hydrogens (tertiary/aromatic N) is 1. The highest BCUT2D eigenvalue weighted by molar-refractivity contribution is 5.72. The summed E-state index contributed by atoms with van der Waals surface area (Å²) >= 11 is 0. The molecule has 0 N–H and O–H groups in total. The summed E-state index contributed by atoms with van der Waals surface area (Å²) in [4.78, 5) is 2.52. The standard InChI is InChI=1S/C16H21NO/c1-2-6-16-14(4-1)7-8-15(16)5-3-9-17-10-12-18-13-11-17/h1-2,4,6,8H,3,5,7,9-13H2. The topological polar surface area (TPSA) is 12.5 Å². The Labute approximate surface area is 109 Å². The van der Waals surface area contributed by atoms with Crippen molar-refractivity contribution in [1.29, 1.82) is 0 Å². The zero-order valence-electron chi connectivity index (χ0n) is 10.9. The molecular formula is C16H21NO. The average Bonchev–Trinajstić information content (AvgIpc) is 2.84.